The van der Waals surface area contributed by atoms with Crippen LogP contribution in [0.15, 0.2) is 42.5 Å². The smallest absolute Gasteiger partial charge is 0.415 e. The second-order valence-corrected chi connectivity index (χ2v) is 10.6. The van der Waals surface area contributed by atoms with Gasteiger partial charge < -0.3 is 19.7 Å². The summed E-state index contributed by atoms with van der Waals surface area (Å²) < 4.78 is 0. The molecule has 10 nitrogen and oxygen atoms in total. The van der Waals surface area contributed by atoms with Gasteiger partial charge in [0, 0.05) is 37.7 Å². The van der Waals surface area contributed by atoms with Gasteiger partial charge in [0.15, 0.2) is 0 Å². The number of carbonyl (C=O) groups is 4. The molecular formula is C29H37N5O5. The van der Waals surface area contributed by atoms with Crippen LogP contribution in [0.4, 0.5) is 9.59 Å². The van der Waals surface area contributed by atoms with Gasteiger partial charge in [-0.25, -0.2) is 20.3 Å². The summed E-state index contributed by atoms with van der Waals surface area (Å²) in [5, 5.41) is 10.4. The first-order chi connectivity index (χ1) is 18.7. The number of amides is 4. The molecule has 4 rings (SSSR count). The van der Waals surface area contributed by atoms with Crippen molar-refractivity contribution in [3.63, 3.8) is 0 Å². The van der Waals surface area contributed by atoms with Gasteiger partial charge in [0.1, 0.15) is 12.3 Å². The number of urea groups is 1. The Hall–Kier alpha value is -3.76. The predicted molar refractivity (Wildman–Crippen MR) is 147 cm³/mol. The number of hydrogen-bond donors (Lipinski definition) is 2. The van der Waals surface area contributed by atoms with Gasteiger partial charge in [0.05, 0.1) is 0 Å². The topological polar surface area (TPSA) is 127 Å². The number of imide groups is 1. The number of hydrazine groups is 1. The highest BCUT2D eigenvalue weighted by Crippen LogP contribution is 2.29. The molecule has 1 aliphatic carbocycles. The predicted octanol–water partition coefficient (Wildman–Crippen LogP) is 3.59. The van der Waals surface area contributed by atoms with Crippen molar-refractivity contribution < 1.29 is 24.3 Å². The first-order valence-electron chi connectivity index (χ1n) is 13.4. The number of benzene rings is 2. The van der Waals surface area contributed by atoms with Gasteiger partial charge in [-0.3, -0.25) is 9.80 Å². The van der Waals surface area contributed by atoms with E-state index in [4.69, 9.17) is 5.84 Å². The van der Waals surface area contributed by atoms with Crippen LogP contribution in [0.3, 0.4) is 0 Å². The zero-order chi connectivity index (χ0) is 28.1. The molecule has 10 heteroatoms. The first kappa shape index (κ1) is 28.3. The zero-order valence-corrected chi connectivity index (χ0v) is 22.6. The molecule has 2 aromatic rings. The molecule has 2 aliphatic rings. The summed E-state index contributed by atoms with van der Waals surface area (Å²) in [5.74, 6) is 6.07. The summed E-state index contributed by atoms with van der Waals surface area (Å²) in [7, 11) is 3.97. The lowest BCUT2D eigenvalue weighted by Gasteiger charge is -2.34. The molecule has 1 saturated carbocycles. The molecule has 0 bridgehead atoms. The summed E-state index contributed by atoms with van der Waals surface area (Å²) in [6.45, 7) is 2.06. The Bertz CT molecular complexity index is 1210. The van der Waals surface area contributed by atoms with Gasteiger partial charge in [-0.15, -0.1) is 0 Å². The van der Waals surface area contributed by atoms with Crippen molar-refractivity contribution in [1.29, 1.82) is 0 Å². The molecule has 0 saturated heterocycles. The number of carbonyl (C=O) groups excluding carboxylic acids is 3. The highest BCUT2D eigenvalue weighted by atomic mass is 16.4. The van der Waals surface area contributed by atoms with E-state index in [0.717, 1.165) is 63.5 Å². The largest absolute Gasteiger partial charge is 0.465 e. The fourth-order valence-corrected chi connectivity index (χ4v) is 5.35. The van der Waals surface area contributed by atoms with Crippen molar-refractivity contribution in [2.24, 2.45) is 5.84 Å². The molecule has 4 amide bonds. The first-order valence-corrected chi connectivity index (χ1v) is 13.4. The Morgan fingerprint density at radius 3 is 2.36 bits per heavy atom. The maximum absolute atomic E-state index is 13.0. The number of nitrogens with two attached hydrogens (primary N) is 1. The Morgan fingerprint density at radius 1 is 1.08 bits per heavy atom. The minimum absolute atomic E-state index is 0.0551. The van der Waals surface area contributed by atoms with Crippen LogP contribution in [-0.2, 0) is 17.8 Å². The Morgan fingerprint density at radius 2 is 1.74 bits per heavy atom. The average Bonchev–Trinajstić information content (AvgIpc) is 3.25. The van der Waals surface area contributed by atoms with Gasteiger partial charge in [-0.2, -0.15) is 0 Å². The SMILES string of the molecule is CN(C)CCN1Cc2cc(-c3ccc(CC(C=O)N(N)C(=O)N(C(=O)O)C4CCCCC4)cc3)ccc2C1=O. The van der Waals surface area contributed by atoms with Crippen molar-refractivity contribution in [2.45, 2.75) is 57.2 Å². The van der Waals surface area contributed by atoms with E-state index in [-0.39, 0.29) is 12.3 Å². The summed E-state index contributed by atoms with van der Waals surface area (Å²) in [5.41, 5.74) is 4.46. The molecule has 208 valence electrons. The standard InChI is InChI=1S/C29H37N5O5/c1-31(2)14-15-32-18-23-17-22(12-13-26(23)27(32)36)21-10-8-20(9-11-21)16-25(19-35)34(30)28(37)33(29(38)39)24-6-4-3-5-7-24/h8-13,17,19,24-25H,3-7,14-16,18,30H2,1-2H3,(H,38,39). The Kier molecular flexibility index (Phi) is 8.98. The van der Waals surface area contributed by atoms with Crippen LogP contribution in [0.25, 0.3) is 11.1 Å². The Balaban J connectivity index is 1.42. The van der Waals surface area contributed by atoms with E-state index in [0.29, 0.717) is 32.2 Å². The van der Waals surface area contributed by atoms with E-state index in [1.165, 1.54) is 0 Å². The minimum Gasteiger partial charge on any atom is -0.465 e. The van der Waals surface area contributed by atoms with Crippen molar-refractivity contribution >= 4 is 24.3 Å². The third-order valence-corrected chi connectivity index (χ3v) is 7.62. The lowest BCUT2D eigenvalue weighted by Crippen LogP contribution is -2.57. The molecule has 1 fully saturated rings. The molecule has 0 aromatic heterocycles. The molecule has 1 aliphatic heterocycles. The van der Waals surface area contributed by atoms with E-state index in [9.17, 15) is 24.3 Å². The van der Waals surface area contributed by atoms with Crippen molar-refractivity contribution in [2.75, 3.05) is 27.2 Å². The number of aldehydes is 1. The minimum atomic E-state index is -1.35. The molecule has 0 radical (unpaired) electrons. The molecular weight excluding hydrogens is 498 g/mol. The number of likely N-dealkylation sites (N-methyl/N-ethyl adjacent to an activating group) is 1. The summed E-state index contributed by atoms with van der Waals surface area (Å²) in [6.07, 6.45) is 3.30. The molecule has 1 unspecified atom stereocenters. The molecule has 2 aromatic carbocycles. The van der Waals surface area contributed by atoms with E-state index >= 15 is 0 Å². The fourth-order valence-electron chi connectivity index (χ4n) is 5.35. The highest BCUT2D eigenvalue weighted by Gasteiger charge is 2.35. The lowest BCUT2D eigenvalue weighted by atomic mass is 9.94. The lowest BCUT2D eigenvalue weighted by molar-refractivity contribution is -0.111. The van der Waals surface area contributed by atoms with Crippen LogP contribution in [0.5, 0.6) is 0 Å². The Labute approximate surface area is 228 Å². The van der Waals surface area contributed by atoms with Gasteiger partial charge in [0.2, 0.25) is 0 Å². The molecule has 0 spiro atoms. The number of fused-ring (bicyclic) bond motifs is 1. The maximum atomic E-state index is 13.0. The van der Waals surface area contributed by atoms with E-state index in [1.54, 1.807) is 0 Å². The monoisotopic (exact) mass is 535 g/mol. The second-order valence-electron chi connectivity index (χ2n) is 10.6. The van der Waals surface area contributed by atoms with Crippen molar-refractivity contribution in [1.82, 2.24) is 19.7 Å². The van der Waals surface area contributed by atoms with Gasteiger partial charge in [-0.05, 0) is 61.3 Å². The molecule has 39 heavy (non-hydrogen) atoms. The summed E-state index contributed by atoms with van der Waals surface area (Å²) in [4.78, 5) is 54.1. The number of nitrogens with zero attached hydrogens (tertiary/aromatic N) is 4. The molecule has 1 heterocycles. The zero-order valence-electron chi connectivity index (χ0n) is 22.6. The van der Waals surface area contributed by atoms with Gasteiger partial charge in [-0.1, -0.05) is 49.6 Å². The maximum Gasteiger partial charge on any atom is 0.415 e. The second kappa shape index (κ2) is 12.4. The molecule has 1 atom stereocenters. The number of hydrogen-bond acceptors (Lipinski definition) is 6. The van der Waals surface area contributed by atoms with Crippen molar-refractivity contribution in [3.8, 4) is 11.1 Å². The third kappa shape index (κ3) is 6.46. The van der Waals surface area contributed by atoms with Gasteiger partial charge >= 0.3 is 12.1 Å². The van der Waals surface area contributed by atoms with Crippen LogP contribution in [-0.4, -0.2) is 88.4 Å². The highest BCUT2D eigenvalue weighted by molar-refractivity contribution is 5.99. The van der Waals surface area contributed by atoms with Crippen LogP contribution in [0, 0.1) is 0 Å². The van der Waals surface area contributed by atoms with Crippen molar-refractivity contribution in [3.05, 3.63) is 59.2 Å². The normalized spacial score (nSPS) is 16.2. The quantitative estimate of drug-likeness (QED) is 0.217. The third-order valence-electron chi connectivity index (χ3n) is 7.62. The van der Waals surface area contributed by atoms with E-state index < -0.39 is 24.2 Å². The summed E-state index contributed by atoms with van der Waals surface area (Å²) >= 11 is 0. The summed E-state index contributed by atoms with van der Waals surface area (Å²) in [6, 6.07) is 11.1. The van der Waals surface area contributed by atoms with Gasteiger partial charge in [0.25, 0.3) is 5.91 Å². The van der Waals surface area contributed by atoms with Crippen LogP contribution in [0.1, 0.15) is 53.6 Å². The van der Waals surface area contributed by atoms with E-state index in [2.05, 4.69) is 4.90 Å². The number of carboxylic acid groups (broad SMARTS) is 1. The van der Waals surface area contributed by atoms with Crippen LogP contribution in [0.2, 0.25) is 0 Å². The van der Waals surface area contributed by atoms with Crippen LogP contribution >= 0.6 is 0 Å². The fraction of sp³-hybridized carbons (Fsp3) is 0.448. The molecule has 3 N–H and O–H groups in total. The van der Waals surface area contributed by atoms with E-state index in [1.807, 2.05) is 61.5 Å². The number of rotatable bonds is 9. The average molecular weight is 536 g/mol. The van der Waals surface area contributed by atoms with Crippen LogP contribution < -0.4 is 5.84 Å².